The average molecular weight is 273 g/mol. The van der Waals surface area contributed by atoms with Crippen LogP contribution in [-0.2, 0) is 9.84 Å². The van der Waals surface area contributed by atoms with Crippen molar-refractivity contribution in [3.05, 3.63) is 30.5 Å². The molecule has 19 heavy (non-hydrogen) atoms. The molecule has 1 heterocycles. The van der Waals surface area contributed by atoms with Crippen molar-refractivity contribution in [2.24, 2.45) is 0 Å². The van der Waals surface area contributed by atoms with Gasteiger partial charge in [0.15, 0.2) is 0 Å². The molecule has 0 aliphatic carbocycles. The molecule has 2 aromatic rings. The Morgan fingerprint density at radius 3 is 2.37 bits per heavy atom. The van der Waals surface area contributed by atoms with Gasteiger partial charge in [0.2, 0.25) is 22.2 Å². The van der Waals surface area contributed by atoms with E-state index < -0.39 is 9.84 Å². The zero-order valence-electron chi connectivity index (χ0n) is 10.6. The molecule has 0 atom stereocenters. The Morgan fingerprint density at radius 1 is 1.26 bits per heavy atom. The van der Waals surface area contributed by atoms with E-state index in [9.17, 15) is 8.42 Å². The summed E-state index contributed by atoms with van der Waals surface area (Å²) in [6.45, 7) is 0. The van der Waals surface area contributed by atoms with Gasteiger partial charge >= 0.3 is 0 Å². The Morgan fingerprint density at radius 2 is 1.89 bits per heavy atom. The van der Waals surface area contributed by atoms with Crippen LogP contribution in [-0.4, -0.2) is 52.5 Å². The predicted octanol–water partition coefficient (Wildman–Crippen LogP) is -0.272. The van der Waals surface area contributed by atoms with Crippen LogP contribution in [0.15, 0.2) is 40.4 Å². The average Bonchev–Trinajstić information content (AvgIpc) is 2.88. The maximum Gasteiger partial charge on any atom is 0.227 e. The molecule has 95 valence electrons. The van der Waals surface area contributed by atoms with Gasteiger partial charge in [0.1, 0.15) is 0 Å². The van der Waals surface area contributed by atoms with E-state index in [1.54, 1.807) is 12.1 Å². The third kappa shape index (κ3) is 2.65. The number of hydrogen-bond acceptors (Lipinski definition) is 5. The fourth-order valence-corrected chi connectivity index (χ4v) is 2.63. The lowest BCUT2D eigenvalue weighted by Gasteiger charge is -2.12. The van der Waals surface area contributed by atoms with Crippen LogP contribution >= 0.6 is 0 Å². The quantitative estimate of drug-likeness (QED) is 0.717. The van der Waals surface area contributed by atoms with Crippen molar-refractivity contribution in [3.8, 4) is 0 Å². The summed E-state index contributed by atoms with van der Waals surface area (Å²) in [6, 6.07) is 6.53. The number of hydrogen-bond donors (Lipinski definition) is 0. The normalized spacial score (nSPS) is 11.3. The van der Waals surface area contributed by atoms with Crippen LogP contribution in [0.4, 0.5) is 5.69 Å². The van der Waals surface area contributed by atoms with Crippen molar-refractivity contribution in [3.63, 3.8) is 0 Å². The van der Waals surface area contributed by atoms with E-state index in [0.717, 1.165) is 17.6 Å². The second-order valence-corrected chi connectivity index (χ2v) is 5.97. The van der Waals surface area contributed by atoms with Crippen molar-refractivity contribution in [2.75, 3.05) is 19.0 Å². The van der Waals surface area contributed by atoms with Crippen molar-refractivity contribution in [1.29, 1.82) is 0 Å². The molecule has 0 unspecified atom stereocenters. The van der Waals surface area contributed by atoms with Gasteiger partial charge in [-0.2, -0.15) is 0 Å². The molecule has 0 aliphatic rings. The zero-order valence-corrected chi connectivity index (χ0v) is 11.4. The van der Waals surface area contributed by atoms with Crippen LogP contribution < -0.4 is 4.90 Å². The summed E-state index contributed by atoms with van der Waals surface area (Å²) in [5.41, 5.74) is 0.915. The minimum Gasteiger partial charge on any atom is -0.378 e. The lowest BCUT2D eigenvalue weighted by Crippen LogP contribution is -2.09. The highest BCUT2D eigenvalue weighted by Gasteiger charge is 2.21. The number of nitrogens with zero attached hydrogens (tertiary/aromatic N) is 4. The van der Waals surface area contributed by atoms with E-state index in [0.29, 0.717) is 0 Å². The lowest BCUT2D eigenvalue weighted by molar-refractivity contribution is 0.592. The highest BCUT2D eigenvalue weighted by molar-refractivity contribution is 7.91. The van der Waals surface area contributed by atoms with Gasteiger partial charge in [-0.15, -0.1) is 5.10 Å². The summed E-state index contributed by atoms with van der Waals surface area (Å²) in [5.74, 6) is 0. The Labute approximate surface area is 114 Å². The molecule has 0 fully saturated rings. The third-order valence-electron chi connectivity index (χ3n) is 2.58. The van der Waals surface area contributed by atoms with Crippen molar-refractivity contribution < 1.29 is 8.42 Å². The summed E-state index contributed by atoms with van der Waals surface area (Å²) >= 11 is 0. The SMILES string of the molecule is [B][B]n1cc(S(=O)(=O)c2ccc(N(C)C)cc2)nn1. The van der Waals surface area contributed by atoms with Crippen LogP contribution in [0, 0.1) is 0 Å². The van der Waals surface area contributed by atoms with Gasteiger partial charge in [-0.05, 0) is 24.3 Å². The van der Waals surface area contributed by atoms with E-state index in [1.807, 2.05) is 19.0 Å². The molecule has 1 aromatic heterocycles. The van der Waals surface area contributed by atoms with Crippen LogP contribution in [0.2, 0.25) is 0 Å². The lowest BCUT2D eigenvalue weighted by atomic mass is 9.67. The molecule has 0 N–H and O–H groups in total. The fourth-order valence-electron chi connectivity index (χ4n) is 1.50. The third-order valence-corrected chi connectivity index (χ3v) is 4.21. The zero-order chi connectivity index (χ0) is 14.0. The maximum absolute atomic E-state index is 12.3. The molecular formula is C10H11B2N4O2S. The first-order valence-corrected chi connectivity index (χ1v) is 6.93. The van der Waals surface area contributed by atoms with Gasteiger partial charge in [-0.3, -0.25) is 0 Å². The number of aromatic nitrogens is 3. The van der Waals surface area contributed by atoms with Crippen molar-refractivity contribution >= 4 is 30.6 Å². The molecule has 6 nitrogen and oxygen atoms in total. The summed E-state index contributed by atoms with van der Waals surface area (Å²) < 4.78 is 25.7. The van der Waals surface area contributed by atoms with Gasteiger partial charge in [-0.25, -0.2) is 8.42 Å². The van der Waals surface area contributed by atoms with Gasteiger partial charge in [0.05, 0.1) is 4.90 Å². The molecule has 9 heteroatoms. The van der Waals surface area contributed by atoms with Crippen molar-refractivity contribution in [1.82, 2.24) is 14.9 Å². The Balaban J connectivity index is 2.39. The van der Waals surface area contributed by atoms with Crippen LogP contribution in [0.5, 0.6) is 0 Å². The summed E-state index contributed by atoms with van der Waals surface area (Å²) in [7, 11) is 6.46. The first-order valence-electron chi connectivity index (χ1n) is 5.44. The van der Waals surface area contributed by atoms with Gasteiger partial charge in [0.25, 0.3) is 0 Å². The van der Waals surface area contributed by atoms with Gasteiger partial charge < -0.3 is 9.49 Å². The highest BCUT2D eigenvalue weighted by Crippen LogP contribution is 2.21. The Hall–Kier alpha value is -1.76. The molecule has 0 bridgehead atoms. The molecule has 2 rings (SSSR count). The second-order valence-electron chi connectivity index (χ2n) is 4.08. The first-order chi connectivity index (χ1) is 8.95. The molecular weight excluding hydrogens is 262 g/mol. The van der Waals surface area contributed by atoms with E-state index >= 15 is 0 Å². The monoisotopic (exact) mass is 273 g/mol. The first kappa shape index (κ1) is 13.7. The van der Waals surface area contributed by atoms with Gasteiger partial charge in [0, 0.05) is 33.7 Å². The highest BCUT2D eigenvalue weighted by atomic mass is 32.2. The Bertz CT molecular complexity index is 667. The molecule has 0 amide bonds. The minimum absolute atomic E-state index is 0.133. The summed E-state index contributed by atoms with van der Waals surface area (Å²) in [4.78, 5) is 2.05. The van der Waals surface area contributed by atoms with E-state index in [-0.39, 0.29) is 9.92 Å². The standard InChI is InChI=1S/C10H11B2N4O2S/c1-15(2)8-3-5-9(6-4-8)19(17,18)10-7-16(12-11)14-13-10/h3-7H,1-2H3. The van der Waals surface area contributed by atoms with Crippen LogP contribution in [0.1, 0.15) is 0 Å². The molecule has 0 saturated heterocycles. The van der Waals surface area contributed by atoms with E-state index in [2.05, 4.69) is 10.3 Å². The van der Waals surface area contributed by atoms with Crippen LogP contribution in [0.3, 0.4) is 0 Å². The Kier molecular flexibility index (Phi) is 3.66. The van der Waals surface area contributed by atoms with Crippen LogP contribution in [0.25, 0.3) is 0 Å². The maximum atomic E-state index is 12.3. The van der Waals surface area contributed by atoms with Crippen molar-refractivity contribution in [2.45, 2.75) is 9.92 Å². The largest absolute Gasteiger partial charge is 0.378 e. The molecule has 1 aromatic carbocycles. The fraction of sp³-hybridized carbons (Fsp3) is 0.200. The molecule has 0 spiro atoms. The van der Waals surface area contributed by atoms with E-state index in [1.165, 1.54) is 18.3 Å². The number of rotatable bonds is 4. The number of benzene rings is 1. The topological polar surface area (TPSA) is 68.1 Å². The number of anilines is 1. The molecule has 0 saturated carbocycles. The van der Waals surface area contributed by atoms with E-state index in [4.69, 9.17) is 7.74 Å². The molecule has 3 radical (unpaired) electrons. The summed E-state index contributed by atoms with van der Waals surface area (Å²) in [5, 5.41) is 7.03. The number of sulfone groups is 1. The molecule has 0 aliphatic heterocycles. The smallest absolute Gasteiger partial charge is 0.227 e. The predicted molar refractivity (Wildman–Crippen MR) is 73.1 cm³/mol. The minimum atomic E-state index is -3.66. The summed E-state index contributed by atoms with van der Waals surface area (Å²) in [6.07, 6.45) is 1.26. The van der Waals surface area contributed by atoms with Gasteiger partial charge in [-0.1, -0.05) is 5.21 Å². The second kappa shape index (κ2) is 5.08.